The first kappa shape index (κ1) is 26.4. The lowest BCUT2D eigenvalue weighted by Crippen LogP contribution is -2.52. The Balaban J connectivity index is 1.71. The van der Waals surface area contributed by atoms with Crippen LogP contribution in [0.1, 0.15) is 23.5 Å². The average Bonchev–Trinajstić information content (AvgIpc) is 3.27. The van der Waals surface area contributed by atoms with Crippen molar-refractivity contribution >= 4 is 58.1 Å². The van der Waals surface area contributed by atoms with Gasteiger partial charge in [-0.15, -0.1) is 16.5 Å². The van der Waals surface area contributed by atoms with Gasteiger partial charge in [0.15, 0.2) is 0 Å². The Kier molecular flexibility index (Phi) is 9.01. The third kappa shape index (κ3) is 7.13. The first-order valence-corrected chi connectivity index (χ1v) is 11.8. The zero-order valence-corrected chi connectivity index (χ0v) is 20.5. The maximum atomic E-state index is 15.1. The van der Waals surface area contributed by atoms with Gasteiger partial charge in [-0.25, -0.2) is 4.79 Å². The molecule has 1 fully saturated rings. The van der Waals surface area contributed by atoms with Gasteiger partial charge in [-0.2, -0.15) is 0 Å². The number of nitrogens with zero attached hydrogens (tertiary/aromatic N) is 2. The number of anilines is 2. The maximum absolute atomic E-state index is 15.1. The summed E-state index contributed by atoms with van der Waals surface area (Å²) in [4.78, 5) is 51.1. The van der Waals surface area contributed by atoms with E-state index in [2.05, 4.69) is 10.6 Å². The Morgan fingerprint density at radius 1 is 1.23 bits per heavy atom. The molecule has 2 N–H and O–H groups in total. The van der Waals surface area contributed by atoms with Gasteiger partial charge in [0.25, 0.3) is 17.7 Å². The minimum absolute atomic E-state index is 0.0430. The minimum Gasteiger partial charge on any atom is -0.447 e. The van der Waals surface area contributed by atoms with Gasteiger partial charge in [0.05, 0.1) is 27.6 Å². The highest BCUT2D eigenvalue weighted by Gasteiger charge is 2.29. The third-order valence-electron chi connectivity index (χ3n) is 4.76. The molecule has 0 aliphatic carbocycles. The van der Waals surface area contributed by atoms with Crippen LogP contribution in [0.4, 0.5) is 20.7 Å². The Morgan fingerprint density at radius 2 is 1.94 bits per heavy atom. The van der Waals surface area contributed by atoms with Crippen molar-refractivity contribution in [2.45, 2.75) is 26.0 Å². The molecule has 0 unspecified atom stereocenters. The van der Waals surface area contributed by atoms with E-state index >= 15 is 4.48 Å². The van der Waals surface area contributed by atoms with Crippen molar-refractivity contribution in [3.8, 4) is 0 Å². The number of amides is 4. The summed E-state index contributed by atoms with van der Waals surface area (Å²) in [6, 6.07) is 7.22. The van der Waals surface area contributed by atoms with E-state index < -0.39 is 36.6 Å². The molecule has 13 heteroatoms. The monoisotopic (exact) mass is 526 g/mol. The number of carbonyl (C=O) groups excluding carboxylic acids is 4. The maximum Gasteiger partial charge on any atom is 0.408 e. The highest BCUT2D eigenvalue weighted by atomic mass is 35.5. The van der Waals surface area contributed by atoms with Crippen LogP contribution >= 0.6 is 22.9 Å². The van der Waals surface area contributed by atoms with Crippen LogP contribution in [0.3, 0.4) is 0 Å². The van der Waals surface area contributed by atoms with Gasteiger partial charge in [0, 0.05) is 18.8 Å². The van der Waals surface area contributed by atoms with E-state index in [4.69, 9.17) is 21.1 Å². The Morgan fingerprint density at radius 3 is 2.54 bits per heavy atom. The van der Waals surface area contributed by atoms with Gasteiger partial charge in [-0.3, -0.25) is 14.4 Å². The molecule has 3 rings (SSSR count). The lowest BCUT2D eigenvalue weighted by Gasteiger charge is -2.27. The van der Waals surface area contributed by atoms with Crippen LogP contribution in [0.15, 0.2) is 36.4 Å². The molecule has 2 heterocycles. The smallest absolute Gasteiger partial charge is 0.408 e. The van der Waals surface area contributed by atoms with Crippen molar-refractivity contribution in [1.29, 1.82) is 0 Å². The van der Waals surface area contributed by atoms with Gasteiger partial charge < -0.3 is 25.0 Å². The van der Waals surface area contributed by atoms with Crippen LogP contribution in [0.25, 0.3) is 0 Å². The predicted octanol–water partition coefficient (Wildman–Crippen LogP) is 2.92. The van der Waals surface area contributed by atoms with Gasteiger partial charge >= 0.3 is 6.09 Å². The van der Waals surface area contributed by atoms with E-state index in [1.807, 2.05) is 0 Å². The number of ether oxygens (including phenoxy) is 2. The van der Waals surface area contributed by atoms with E-state index in [1.54, 1.807) is 19.9 Å². The first-order chi connectivity index (χ1) is 16.7. The second-order valence-electron chi connectivity index (χ2n) is 7.70. The lowest BCUT2D eigenvalue weighted by molar-refractivity contribution is -0.125. The zero-order valence-electron chi connectivity index (χ0n) is 19.0. The van der Waals surface area contributed by atoms with Gasteiger partial charge in [0.2, 0.25) is 0 Å². The fraction of sp³-hybridized carbons (Fsp3) is 0.364. The largest absolute Gasteiger partial charge is 0.447 e. The number of morpholine rings is 1. The molecule has 1 aromatic heterocycles. The molecule has 1 atom stereocenters. The number of rotatable bonds is 8. The number of halogens is 2. The SMILES string of the molecule is CC(C)OC(=O)N[C@H](CNC(=O)c1ccc(Cl)s1)C(=O)N(F)c1ccc(N2CCOCC2=O)cc1. The standard InChI is InChI=1S/C22H24ClFN4O6S/c1-13(2)34-22(32)26-16(11-25-20(30)17-7-8-18(23)35-17)21(31)28(24)15-5-3-14(4-6-15)27-9-10-33-12-19(27)29/h3-8,13,16H,9-12H2,1-2H3,(H,25,30)(H,26,32)/t16-/m1/s1. The molecule has 1 aromatic carbocycles. The topological polar surface area (TPSA) is 117 Å². The van der Waals surface area contributed by atoms with Gasteiger partial charge in [-0.1, -0.05) is 16.1 Å². The number of benzene rings is 1. The van der Waals surface area contributed by atoms with Gasteiger partial charge in [0.1, 0.15) is 12.6 Å². The average molecular weight is 527 g/mol. The zero-order chi connectivity index (χ0) is 25.5. The Hall–Kier alpha value is -3.22. The van der Waals surface area contributed by atoms with Crippen molar-refractivity contribution in [3.05, 3.63) is 45.6 Å². The number of hydrogen-bond acceptors (Lipinski definition) is 7. The molecular weight excluding hydrogens is 503 g/mol. The molecule has 0 bridgehead atoms. The van der Waals surface area contributed by atoms with Crippen molar-refractivity contribution in [2.75, 3.05) is 36.3 Å². The molecule has 2 aromatic rings. The molecule has 188 valence electrons. The molecule has 1 aliphatic rings. The quantitative estimate of drug-likeness (QED) is 0.511. The highest BCUT2D eigenvalue weighted by molar-refractivity contribution is 7.18. The van der Waals surface area contributed by atoms with Crippen molar-refractivity contribution in [2.24, 2.45) is 0 Å². The third-order valence-corrected chi connectivity index (χ3v) is 5.99. The number of carbonyl (C=O) groups is 4. The Bertz CT molecular complexity index is 1080. The van der Waals surface area contributed by atoms with Crippen LogP contribution in [-0.4, -0.2) is 62.3 Å². The molecule has 1 aliphatic heterocycles. The molecule has 35 heavy (non-hydrogen) atoms. The molecule has 0 radical (unpaired) electrons. The molecule has 4 amide bonds. The van der Waals surface area contributed by atoms with Crippen molar-refractivity contribution < 1.29 is 33.1 Å². The molecule has 10 nitrogen and oxygen atoms in total. The summed E-state index contributed by atoms with van der Waals surface area (Å²) in [5.41, 5.74) is 0.403. The highest BCUT2D eigenvalue weighted by Crippen LogP contribution is 2.23. The summed E-state index contributed by atoms with van der Waals surface area (Å²) in [5, 5.41) is 4.63. The van der Waals surface area contributed by atoms with Gasteiger partial charge in [-0.05, 0) is 50.2 Å². The van der Waals surface area contributed by atoms with E-state index in [0.29, 0.717) is 23.2 Å². The van der Waals surface area contributed by atoms with Crippen LogP contribution in [0.2, 0.25) is 4.34 Å². The fourth-order valence-electron chi connectivity index (χ4n) is 3.13. The fourth-order valence-corrected chi connectivity index (χ4v) is 4.09. The van der Waals surface area contributed by atoms with E-state index in [-0.39, 0.29) is 28.2 Å². The van der Waals surface area contributed by atoms with Crippen LogP contribution in [-0.2, 0) is 19.1 Å². The summed E-state index contributed by atoms with van der Waals surface area (Å²) in [7, 11) is 0. The molecule has 0 spiro atoms. The summed E-state index contributed by atoms with van der Waals surface area (Å²) in [6.45, 7) is 3.52. The van der Waals surface area contributed by atoms with Crippen LogP contribution in [0, 0.1) is 0 Å². The first-order valence-electron chi connectivity index (χ1n) is 10.6. The molecular formula is C22H24ClFN4O6S. The van der Waals surface area contributed by atoms with Crippen molar-refractivity contribution in [1.82, 2.24) is 10.6 Å². The summed E-state index contributed by atoms with van der Waals surface area (Å²) in [5.74, 6) is -1.90. The van der Waals surface area contributed by atoms with E-state index in [9.17, 15) is 19.2 Å². The number of hydrogen-bond donors (Lipinski definition) is 2. The predicted molar refractivity (Wildman–Crippen MR) is 128 cm³/mol. The van der Waals surface area contributed by atoms with E-state index in [0.717, 1.165) is 11.3 Å². The normalized spacial score (nSPS) is 14.4. The number of thiophene rings is 1. The van der Waals surface area contributed by atoms with Crippen LogP contribution in [0.5, 0.6) is 0 Å². The minimum atomic E-state index is -1.47. The van der Waals surface area contributed by atoms with Crippen LogP contribution < -0.4 is 20.7 Å². The lowest BCUT2D eigenvalue weighted by atomic mass is 10.2. The van der Waals surface area contributed by atoms with E-state index in [1.165, 1.54) is 35.2 Å². The summed E-state index contributed by atoms with van der Waals surface area (Å²) >= 11 is 6.87. The second-order valence-corrected chi connectivity index (χ2v) is 9.41. The molecule has 0 saturated carbocycles. The molecule has 1 saturated heterocycles. The number of alkyl carbamates (subject to hydrolysis) is 1. The van der Waals surface area contributed by atoms with Crippen molar-refractivity contribution in [3.63, 3.8) is 0 Å². The second kappa shape index (κ2) is 12.0. The summed E-state index contributed by atoms with van der Waals surface area (Å²) < 4.78 is 25.5. The summed E-state index contributed by atoms with van der Waals surface area (Å²) in [6.07, 6.45) is -1.42. The Labute approximate surface area is 209 Å². The number of nitrogens with one attached hydrogen (secondary N) is 2.